The number of hydrogen-bond donors (Lipinski definition) is 2. The number of nitrogens with zero attached hydrogens (tertiary/aromatic N) is 2. The molecule has 1 saturated carbocycles. The van der Waals surface area contributed by atoms with Crippen LogP contribution >= 0.6 is 22.6 Å². The van der Waals surface area contributed by atoms with E-state index in [-0.39, 0.29) is 23.0 Å². The molecule has 2 N–H and O–H groups in total. The van der Waals surface area contributed by atoms with Crippen molar-refractivity contribution < 1.29 is 23.5 Å². The molecule has 3 heterocycles. The van der Waals surface area contributed by atoms with Gasteiger partial charge in [-0.15, -0.1) is 0 Å². The number of carbonyl (C=O) groups is 2. The van der Waals surface area contributed by atoms with Crippen molar-refractivity contribution in [3.63, 3.8) is 0 Å². The van der Waals surface area contributed by atoms with E-state index in [0.29, 0.717) is 31.1 Å². The summed E-state index contributed by atoms with van der Waals surface area (Å²) in [6.45, 7) is 2.21. The Bertz CT molecular complexity index is 965. The van der Waals surface area contributed by atoms with Crippen LogP contribution in [0.4, 0.5) is 20.2 Å². The molecular formula is C21H22F2IN3O3. The van der Waals surface area contributed by atoms with Crippen molar-refractivity contribution in [3.8, 4) is 0 Å². The lowest BCUT2D eigenvalue weighted by Crippen LogP contribution is -2.49. The van der Waals surface area contributed by atoms with Crippen molar-refractivity contribution in [2.24, 2.45) is 5.92 Å². The van der Waals surface area contributed by atoms with Gasteiger partial charge in [-0.3, -0.25) is 9.69 Å². The summed E-state index contributed by atoms with van der Waals surface area (Å²) in [5.41, 5.74) is -0.986. The van der Waals surface area contributed by atoms with Crippen LogP contribution in [-0.2, 0) is 4.79 Å². The third-order valence-corrected chi connectivity index (χ3v) is 7.48. The van der Waals surface area contributed by atoms with Crippen LogP contribution in [0.2, 0.25) is 0 Å². The van der Waals surface area contributed by atoms with Crippen molar-refractivity contribution in [3.05, 3.63) is 32.9 Å². The quantitative estimate of drug-likeness (QED) is 0.194. The lowest BCUT2D eigenvalue weighted by Gasteiger charge is -2.39. The summed E-state index contributed by atoms with van der Waals surface area (Å²) in [5, 5.41) is 12.3. The van der Waals surface area contributed by atoms with Crippen molar-refractivity contribution in [1.29, 1.82) is 0 Å². The molecule has 1 aromatic carbocycles. The van der Waals surface area contributed by atoms with Crippen LogP contribution in [0, 0.1) is 17.6 Å². The minimum Gasteiger partial charge on any atom is -0.478 e. The molecule has 6 nitrogen and oxygen atoms in total. The number of aliphatic carboxylic acids is 1. The molecule has 3 aliphatic heterocycles. The number of halogens is 3. The Kier molecular flexibility index (Phi) is 5.00. The number of hydrogen-bond acceptors (Lipinski definition) is 5. The highest BCUT2D eigenvalue weighted by Crippen LogP contribution is 2.45. The third kappa shape index (κ3) is 3.21. The second-order valence-electron chi connectivity index (χ2n) is 8.67. The van der Waals surface area contributed by atoms with Crippen LogP contribution < -0.4 is 10.2 Å². The predicted octanol–water partition coefficient (Wildman–Crippen LogP) is 3.41. The SMILES string of the molecule is O=C(O)/C(=C/I)C(=O)c1cc(F)c(N2CC3CC4CCN4C3C2)c(F)c1NC1CC1. The highest BCUT2D eigenvalue weighted by atomic mass is 127. The standard InChI is InChI=1S/C21H22F2IN3O3/c22-15-6-13(20(28)14(7-24)21(29)30)18(25-11-1-2-11)17(23)19(15)26-8-10-5-12-3-4-27(12)16(10)9-26/h6-7,10-12,16,25H,1-5,8-9H2,(H,29,30)/b14-7+. The van der Waals surface area contributed by atoms with Gasteiger partial charge < -0.3 is 15.3 Å². The summed E-state index contributed by atoms with van der Waals surface area (Å²) in [4.78, 5) is 28.4. The van der Waals surface area contributed by atoms with Gasteiger partial charge in [-0.2, -0.15) is 0 Å². The van der Waals surface area contributed by atoms with E-state index in [9.17, 15) is 14.7 Å². The molecule has 0 amide bonds. The van der Waals surface area contributed by atoms with E-state index in [1.165, 1.54) is 6.42 Å². The monoisotopic (exact) mass is 529 g/mol. The number of anilines is 2. The molecule has 0 radical (unpaired) electrons. The van der Waals surface area contributed by atoms with Crippen molar-refractivity contribution in [2.75, 3.05) is 29.9 Å². The number of carbonyl (C=O) groups excluding carboxylic acids is 1. The lowest BCUT2D eigenvalue weighted by atomic mass is 9.99. The van der Waals surface area contributed by atoms with Crippen molar-refractivity contribution in [1.82, 2.24) is 4.90 Å². The van der Waals surface area contributed by atoms with Gasteiger partial charge in [0, 0.05) is 37.8 Å². The fourth-order valence-corrected chi connectivity index (χ4v) is 5.68. The normalized spacial score (nSPS) is 28.2. The summed E-state index contributed by atoms with van der Waals surface area (Å²) in [6.07, 6.45) is 3.94. The molecular weight excluding hydrogens is 507 g/mol. The van der Waals surface area contributed by atoms with E-state index in [2.05, 4.69) is 10.2 Å². The molecule has 3 unspecified atom stereocenters. The molecule has 0 bridgehead atoms. The molecule has 9 heteroatoms. The maximum atomic E-state index is 15.6. The second-order valence-corrected chi connectivity index (χ2v) is 9.29. The first kappa shape index (κ1) is 20.2. The maximum absolute atomic E-state index is 15.6. The number of rotatable bonds is 6. The highest BCUT2D eigenvalue weighted by molar-refractivity contribution is 14.1. The minimum absolute atomic E-state index is 0.0148. The molecule has 0 aromatic heterocycles. The van der Waals surface area contributed by atoms with E-state index in [0.717, 1.165) is 36.0 Å². The molecule has 4 fully saturated rings. The smallest absolute Gasteiger partial charge is 0.340 e. The summed E-state index contributed by atoms with van der Waals surface area (Å²) in [6, 6.07) is 1.96. The highest BCUT2D eigenvalue weighted by Gasteiger charge is 2.50. The average Bonchev–Trinajstić information content (AvgIpc) is 3.36. The van der Waals surface area contributed by atoms with Crippen LogP contribution in [0.1, 0.15) is 36.0 Å². The number of carboxylic acids is 1. The van der Waals surface area contributed by atoms with E-state index in [1.54, 1.807) is 27.5 Å². The van der Waals surface area contributed by atoms with E-state index in [1.807, 2.05) is 0 Å². The van der Waals surface area contributed by atoms with Gasteiger partial charge in [-0.05, 0) is 41.8 Å². The van der Waals surface area contributed by atoms with Crippen LogP contribution in [0.15, 0.2) is 15.7 Å². The summed E-state index contributed by atoms with van der Waals surface area (Å²) < 4.78 is 31.9. The Morgan fingerprint density at radius 1 is 1.23 bits per heavy atom. The zero-order valence-electron chi connectivity index (χ0n) is 16.2. The van der Waals surface area contributed by atoms with Gasteiger partial charge in [0.25, 0.3) is 0 Å². The summed E-state index contributed by atoms with van der Waals surface area (Å²) in [5.74, 6) is -3.55. The Morgan fingerprint density at radius 3 is 2.60 bits per heavy atom. The second kappa shape index (κ2) is 7.44. The molecule has 3 saturated heterocycles. The van der Waals surface area contributed by atoms with Crippen LogP contribution in [0.25, 0.3) is 0 Å². The molecule has 0 spiro atoms. The number of Topliss-reactive ketones (excluding diaryl/α,β-unsaturated/α-hetero) is 1. The van der Waals surface area contributed by atoms with Gasteiger partial charge in [0.2, 0.25) is 5.78 Å². The topological polar surface area (TPSA) is 72.9 Å². The molecule has 1 aromatic rings. The summed E-state index contributed by atoms with van der Waals surface area (Å²) in [7, 11) is 0. The number of nitrogens with one attached hydrogen (secondary N) is 1. The van der Waals surface area contributed by atoms with Crippen LogP contribution in [0.3, 0.4) is 0 Å². The number of benzene rings is 1. The first-order valence-corrected chi connectivity index (χ1v) is 11.5. The number of ketones is 1. The summed E-state index contributed by atoms with van der Waals surface area (Å²) >= 11 is 1.65. The largest absolute Gasteiger partial charge is 0.478 e. The van der Waals surface area contributed by atoms with Crippen LogP contribution in [0.5, 0.6) is 0 Å². The number of carboxylic acid groups (broad SMARTS) is 1. The van der Waals surface area contributed by atoms with Crippen molar-refractivity contribution in [2.45, 2.75) is 43.8 Å². The third-order valence-electron chi connectivity index (χ3n) is 6.86. The fraction of sp³-hybridized carbons (Fsp3) is 0.524. The Hall–Kier alpha value is -1.75. The molecule has 160 valence electrons. The molecule has 30 heavy (non-hydrogen) atoms. The first-order valence-electron chi connectivity index (χ1n) is 10.3. The van der Waals surface area contributed by atoms with Gasteiger partial charge >= 0.3 is 5.97 Å². The van der Waals surface area contributed by atoms with Gasteiger partial charge in [0.15, 0.2) is 5.82 Å². The Balaban J connectivity index is 1.52. The molecule has 5 rings (SSSR count). The molecule has 4 aliphatic rings. The van der Waals surface area contributed by atoms with Gasteiger partial charge in [-0.1, -0.05) is 22.6 Å². The predicted molar refractivity (Wildman–Crippen MR) is 116 cm³/mol. The average molecular weight is 529 g/mol. The zero-order valence-corrected chi connectivity index (χ0v) is 18.4. The van der Waals surface area contributed by atoms with Crippen LogP contribution in [-0.4, -0.2) is 59.5 Å². The lowest BCUT2D eigenvalue weighted by molar-refractivity contribution is -0.132. The van der Waals surface area contributed by atoms with Gasteiger partial charge in [0.05, 0.1) is 11.3 Å². The van der Waals surface area contributed by atoms with Gasteiger partial charge in [0.1, 0.15) is 17.1 Å². The fourth-order valence-electron chi connectivity index (χ4n) is 5.13. The van der Waals surface area contributed by atoms with Crippen molar-refractivity contribution >= 4 is 45.7 Å². The number of fused-ring (bicyclic) bond motifs is 3. The molecule has 3 atom stereocenters. The first-order chi connectivity index (χ1) is 14.4. The molecule has 1 aliphatic carbocycles. The maximum Gasteiger partial charge on any atom is 0.340 e. The van der Waals surface area contributed by atoms with E-state index in [4.69, 9.17) is 0 Å². The van der Waals surface area contributed by atoms with Gasteiger partial charge in [-0.25, -0.2) is 13.6 Å². The minimum atomic E-state index is -1.42. The van der Waals surface area contributed by atoms with E-state index >= 15 is 8.78 Å². The zero-order chi connectivity index (χ0) is 21.2. The Labute approximate surface area is 186 Å². The Morgan fingerprint density at radius 2 is 2.00 bits per heavy atom. The van der Waals surface area contributed by atoms with E-state index < -0.39 is 29.0 Å².